The third-order valence-electron chi connectivity index (χ3n) is 4.98. The first-order valence-electron chi connectivity index (χ1n) is 9.73. The maximum atomic E-state index is 10.9. The molecule has 0 aliphatic carbocycles. The SMILES string of the molecule is NC(=O)NC1CCN(Cc2ccc(OCCCc3ccccc3)cc2)CC1. The predicted octanol–water partition coefficient (Wildman–Crippen LogP) is 3.33. The number of likely N-dealkylation sites (tertiary alicyclic amines) is 1. The van der Waals surface area contributed by atoms with E-state index in [1.807, 2.05) is 6.07 Å². The highest BCUT2D eigenvalue weighted by Gasteiger charge is 2.19. The number of rotatable bonds is 8. The second kappa shape index (κ2) is 9.97. The first-order chi connectivity index (χ1) is 13.2. The van der Waals surface area contributed by atoms with Crippen molar-refractivity contribution in [2.45, 2.75) is 38.3 Å². The van der Waals surface area contributed by atoms with Gasteiger partial charge in [0.2, 0.25) is 0 Å². The highest BCUT2D eigenvalue weighted by atomic mass is 16.5. The molecule has 1 aliphatic heterocycles. The highest BCUT2D eigenvalue weighted by Crippen LogP contribution is 2.17. The van der Waals surface area contributed by atoms with Crippen molar-refractivity contribution in [1.29, 1.82) is 0 Å². The van der Waals surface area contributed by atoms with Crippen LogP contribution in [0.3, 0.4) is 0 Å². The molecule has 0 bridgehead atoms. The third-order valence-corrected chi connectivity index (χ3v) is 4.98. The normalized spacial score (nSPS) is 15.4. The van der Waals surface area contributed by atoms with Crippen LogP contribution < -0.4 is 15.8 Å². The summed E-state index contributed by atoms with van der Waals surface area (Å²) in [6.45, 7) is 3.61. The van der Waals surface area contributed by atoms with Gasteiger partial charge in [-0.05, 0) is 48.9 Å². The van der Waals surface area contributed by atoms with Gasteiger partial charge < -0.3 is 15.8 Å². The smallest absolute Gasteiger partial charge is 0.312 e. The van der Waals surface area contributed by atoms with E-state index in [-0.39, 0.29) is 6.04 Å². The van der Waals surface area contributed by atoms with Crippen molar-refractivity contribution in [2.75, 3.05) is 19.7 Å². The largest absolute Gasteiger partial charge is 0.494 e. The number of piperidine rings is 1. The fourth-order valence-electron chi connectivity index (χ4n) is 3.50. The summed E-state index contributed by atoms with van der Waals surface area (Å²) in [6, 6.07) is 18.7. The summed E-state index contributed by atoms with van der Waals surface area (Å²) in [7, 11) is 0. The Kier molecular flexibility index (Phi) is 7.11. The van der Waals surface area contributed by atoms with E-state index in [9.17, 15) is 4.79 Å². The molecule has 0 radical (unpaired) electrons. The molecule has 0 aromatic heterocycles. The number of nitrogens with zero attached hydrogens (tertiary/aromatic N) is 1. The fraction of sp³-hybridized carbons (Fsp3) is 0.409. The second-order valence-electron chi connectivity index (χ2n) is 7.14. The zero-order valence-corrected chi connectivity index (χ0v) is 15.8. The number of hydrogen-bond acceptors (Lipinski definition) is 3. The Balaban J connectivity index is 1.36. The van der Waals surface area contributed by atoms with E-state index < -0.39 is 6.03 Å². The maximum absolute atomic E-state index is 10.9. The Hall–Kier alpha value is -2.53. The van der Waals surface area contributed by atoms with E-state index >= 15 is 0 Å². The van der Waals surface area contributed by atoms with Gasteiger partial charge in [0.05, 0.1) is 6.61 Å². The van der Waals surface area contributed by atoms with Crippen molar-refractivity contribution in [3.05, 3.63) is 65.7 Å². The predicted molar refractivity (Wildman–Crippen MR) is 108 cm³/mol. The Morgan fingerprint density at radius 1 is 1.04 bits per heavy atom. The molecular formula is C22H29N3O2. The summed E-state index contributed by atoms with van der Waals surface area (Å²) in [6.07, 6.45) is 3.95. The van der Waals surface area contributed by atoms with Gasteiger partial charge in [0, 0.05) is 25.7 Å². The number of benzene rings is 2. The Morgan fingerprint density at radius 3 is 2.41 bits per heavy atom. The van der Waals surface area contributed by atoms with E-state index in [1.54, 1.807) is 0 Å². The average molecular weight is 367 g/mol. The van der Waals surface area contributed by atoms with Gasteiger partial charge in [-0.15, -0.1) is 0 Å². The van der Waals surface area contributed by atoms with E-state index in [1.165, 1.54) is 11.1 Å². The monoisotopic (exact) mass is 367 g/mol. The lowest BCUT2D eigenvalue weighted by atomic mass is 10.0. The molecule has 0 saturated carbocycles. The van der Waals surface area contributed by atoms with Crippen LogP contribution in [-0.4, -0.2) is 36.7 Å². The number of ether oxygens (including phenoxy) is 1. The third kappa shape index (κ3) is 6.61. The molecule has 0 unspecified atom stereocenters. The summed E-state index contributed by atoms with van der Waals surface area (Å²) in [5.74, 6) is 0.927. The number of hydrogen-bond donors (Lipinski definition) is 2. The van der Waals surface area contributed by atoms with Crippen LogP contribution in [0.2, 0.25) is 0 Å². The highest BCUT2D eigenvalue weighted by molar-refractivity contribution is 5.71. The van der Waals surface area contributed by atoms with Crippen LogP contribution in [0.25, 0.3) is 0 Å². The zero-order valence-electron chi connectivity index (χ0n) is 15.8. The van der Waals surface area contributed by atoms with Crippen molar-refractivity contribution in [1.82, 2.24) is 10.2 Å². The Morgan fingerprint density at radius 2 is 1.74 bits per heavy atom. The number of aryl methyl sites for hydroxylation is 1. The Bertz CT molecular complexity index is 695. The molecule has 3 rings (SSSR count). The molecule has 5 nitrogen and oxygen atoms in total. The van der Waals surface area contributed by atoms with Gasteiger partial charge in [-0.1, -0.05) is 42.5 Å². The molecule has 2 aromatic rings. The van der Waals surface area contributed by atoms with Crippen molar-refractivity contribution in [3.63, 3.8) is 0 Å². The molecule has 2 amide bonds. The first kappa shape index (κ1) is 19.2. The molecular weight excluding hydrogens is 338 g/mol. The van der Waals surface area contributed by atoms with Crippen molar-refractivity contribution >= 4 is 6.03 Å². The molecule has 27 heavy (non-hydrogen) atoms. The van der Waals surface area contributed by atoms with Crippen LogP contribution >= 0.6 is 0 Å². The van der Waals surface area contributed by atoms with Gasteiger partial charge in [0.15, 0.2) is 0 Å². The number of nitrogens with one attached hydrogen (secondary N) is 1. The number of amides is 2. The molecule has 1 aliphatic rings. The zero-order chi connectivity index (χ0) is 18.9. The first-order valence-corrected chi connectivity index (χ1v) is 9.73. The Labute approximate surface area is 161 Å². The summed E-state index contributed by atoms with van der Waals surface area (Å²) < 4.78 is 5.86. The summed E-state index contributed by atoms with van der Waals surface area (Å²) in [4.78, 5) is 13.3. The fourth-order valence-corrected chi connectivity index (χ4v) is 3.50. The molecule has 1 heterocycles. The number of carbonyl (C=O) groups is 1. The van der Waals surface area contributed by atoms with E-state index in [4.69, 9.17) is 10.5 Å². The van der Waals surface area contributed by atoms with Crippen LogP contribution in [0, 0.1) is 0 Å². The lowest BCUT2D eigenvalue weighted by molar-refractivity contribution is 0.189. The molecule has 0 spiro atoms. The van der Waals surface area contributed by atoms with Crippen LogP contribution in [0.15, 0.2) is 54.6 Å². The molecule has 1 saturated heterocycles. The lowest BCUT2D eigenvalue weighted by Gasteiger charge is -2.32. The van der Waals surface area contributed by atoms with E-state index in [0.717, 1.165) is 57.7 Å². The summed E-state index contributed by atoms with van der Waals surface area (Å²) in [5.41, 5.74) is 7.83. The average Bonchev–Trinajstić information content (AvgIpc) is 2.68. The minimum absolute atomic E-state index is 0.213. The van der Waals surface area contributed by atoms with Gasteiger partial charge in [0.25, 0.3) is 0 Å². The van der Waals surface area contributed by atoms with E-state index in [0.29, 0.717) is 0 Å². The van der Waals surface area contributed by atoms with Crippen LogP contribution in [0.4, 0.5) is 4.79 Å². The molecule has 3 N–H and O–H groups in total. The van der Waals surface area contributed by atoms with Gasteiger partial charge in [-0.25, -0.2) is 4.79 Å². The van der Waals surface area contributed by atoms with Crippen molar-refractivity contribution in [3.8, 4) is 5.75 Å². The summed E-state index contributed by atoms with van der Waals surface area (Å²) in [5, 5.41) is 2.80. The molecule has 2 aromatic carbocycles. The standard InChI is InChI=1S/C22H29N3O2/c23-22(26)24-20-12-14-25(15-13-20)17-19-8-10-21(11-9-19)27-16-4-7-18-5-2-1-3-6-18/h1-3,5-6,8-11,20H,4,7,12-17H2,(H3,23,24,26). The number of carbonyl (C=O) groups excluding carboxylic acids is 1. The minimum atomic E-state index is -0.423. The molecule has 144 valence electrons. The topological polar surface area (TPSA) is 67.6 Å². The van der Waals surface area contributed by atoms with Crippen LogP contribution in [0.1, 0.15) is 30.4 Å². The quantitative estimate of drug-likeness (QED) is 0.703. The van der Waals surface area contributed by atoms with Crippen molar-refractivity contribution in [2.24, 2.45) is 5.73 Å². The summed E-state index contributed by atoms with van der Waals surface area (Å²) >= 11 is 0. The lowest BCUT2D eigenvalue weighted by Crippen LogP contribution is -2.46. The van der Waals surface area contributed by atoms with Gasteiger partial charge >= 0.3 is 6.03 Å². The van der Waals surface area contributed by atoms with Gasteiger partial charge in [-0.3, -0.25) is 4.90 Å². The number of primary amides is 1. The van der Waals surface area contributed by atoms with E-state index in [2.05, 4.69) is 58.7 Å². The van der Waals surface area contributed by atoms with Crippen molar-refractivity contribution < 1.29 is 9.53 Å². The minimum Gasteiger partial charge on any atom is -0.494 e. The molecule has 1 fully saturated rings. The molecule has 0 atom stereocenters. The van der Waals surface area contributed by atoms with Gasteiger partial charge in [-0.2, -0.15) is 0 Å². The van der Waals surface area contributed by atoms with Gasteiger partial charge in [0.1, 0.15) is 5.75 Å². The number of urea groups is 1. The molecule has 5 heteroatoms. The van der Waals surface area contributed by atoms with Crippen LogP contribution in [0.5, 0.6) is 5.75 Å². The second-order valence-corrected chi connectivity index (χ2v) is 7.14. The van der Waals surface area contributed by atoms with Crippen LogP contribution in [-0.2, 0) is 13.0 Å². The number of nitrogens with two attached hydrogens (primary N) is 1. The maximum Gasteiger partial charge on any atom is 0.312 e.